The van der Waals surface area contributed by atoms with Crippen LogP contribution in [0, 0.1) is 12.7 Å². The molecule has 0 aromatic heterocycles. The quantitative estimate of drug-likeness (QED) is 0.866. The summed E-state index contributed by atoms with van der Waals surface area (Å²) in [4.78, 5) is 2.15. The number of aryl methyl sites for hydroxylation is 1. The van der Waals surface area contributed by atoms with Crippen molar-refractivity contribution in [3.05, 3.63) is 65.5 Å². The highest BCUT2D eigenvalue weighted by Crippen LogP contribution is 2.19. The Morgan fingerprint density at radius 2 is 1.67 bits per heavy atom. The lowest BCUT2D eigenvalue weighted by Gasteiger charge is -2.27. The fraction of sp³-hybridized carbons (Fsp3) is 0.333. The van der Waals surface area contributed by atoms with Crippen molar-refractivity contribution in [3.63, 3.8) is 0 Å². The Kier molecular flexibility index (Phi) is 5.34. The van der Waals surface area contributed by atoms with Crippen LogP contribution in [0.25, 0.3) is 0 Å². The van der Waals surface area contributed by atoms with Gasteiger partial charge in [-0.25, -0.2) is 4.39 Å². The number of halogens is 1. The van der Waals surface area contributed by atoms with Gasteiger partial charge in [-0.2, -0.15) is 0 Å². The van der Waals surface area contributed by atoms with Crippen LogP contribution < -0.4 is 10.2 Å². The lowest BCUT2D eigenvalue weighted by molar-refractivity contribution is 0.550. The van der Waals surface area contributed by atoms with E-state index in [1.165, 1.54) is 23.3 Å². The molecular formula is C18H23FN2. The minimum atomic E-state index is -0.200. The van der Waals surface area contributed by atoms with E-state index in [9.17, 15) is 4.39 Å². The molecule has 1 atom stereocenters. The van der Waals surface area contributed by atoms with Gasteiger partial charge in [-0.15, -0.1) is 0 Å². The first-order valence-electron chi connectivity index (χ1n) is 7.37. The van der Waals surface area contributed by atoms with Gasteiger partial charge in [0, 0.05) is 25.3 Å². The molecule has 0 fully saturated rings. The van der Waals surface area contributed by atoms with Gasteiger partial charge in [0.2, 0.25) is 0 Å². The SMILES string of the molecule is CCNC(CN(C)c1ccc(F)cc1)c1ccc(C)cc1. The smallest absolute Gasteiger partial charge is 0.123 e. The van der Waals surface area contributed by atoms with Crippen molar-refractivity contribution in [2.75, 3.05) is 25.0 Å². The number of nitrogens with zero attached hydrogens (tertiary/aromatic N) is 1. The minimum absolute atomic E-state index is 0.200. The highest BCUT2D eigenvalue weighted by atomic mass is 19.1. The van der Waals surface area contributed by atoms with Crippen LogP contribution in [-0.4, -0.2) is 20.1 Å². The van der Waals surface area contributed by atoms with Gasteiger partial charge < -0.3 is 10.2 Å². The molecule has 2 aromatic carbocycles. The third-order valence-corrected chi connectivity index (χ3v) is 3.65. The second-order valence-corrected chi connectivity index (χ2v) is 5.38. The van der Waals surface area contributed by atoms with E-state index in [2.05, 4.69) is 48.3 Å². The number of hydrogen-bond donors (Lipinski definition) is 1. The van der Waals surface area contributed by atoms with Crippen molar-refractivity contribution in [1.29, 1.82) is 0 Å². The lowest BCUT2D eigenvalue weighted by atomic mass is 10.0. The van der Waals surface area contributed by atoms with Gasteiger partial charge in [0.05, 0.1) is 0 Å². The van der Waals surface area contributed by atoms with Crippen molar-refractivity contribution in [2.24, 2.45) is 0 Å². The summed E-state index contributed by atoms with van der Waals surface area (Å²) in [6, 6.07) is 15.5. The van der Waals surface area contributed by atoms with Crippen LogP contribution in [-0.2, 0) is 0 Å². The molecule has 2 nitrogen and oxygen atoms in total. The first-order valence-corrected chi connectivity index (χ1v) is 7.37. The molecule has 0 heterocycles. The fourth-order valence-corrected chi connectivity index (χ4v) is 2.41. The van der Waals surface area contributed by atoms with Gasteiger partial charge >= 0.3 is 0 Å². The number of benzene rings is 2. The summed E-state index contributed by atoms with van der Waals surface area (Å²) < 4.78 is 13.0. The Balaban J connectivity index is 2.11. The third kappa shape index (κ3) is 4.30. The molecule has 0 saturated carbocycles. The fourth-order valence-electron chi connectivity index (χ4n) is 2.41. The van der Waals surface area contributed by atoms with Crippen LogP contribution >= 0.6 is 0 Å². The first kappa shape index (κ1) is 15.5. The van der Waals surface area contributed by atoms with E-state index in [1.54, 1.807) is 0 Å². The van der Waals surface area contributed by atoms with Crippen molar-refractivity contribution >= 4 is 5.69 Å². The molecule has 0 aliphatic rings. The molecule has 2 aromatic rings. The molecule has 21 heavy (non-hydrogen) atoms. The van der Waals surface area contributed by atoms with E-state index >= 15 is 0 Å². The zero-order chi connectivity index (χ0) is 15.2. The molecule has 0 radical (unpaired) electrons. The van der Waals surface area contributed by atoms with E-state index in [4.69, 9.17) is 0 Å². The van der Waals surface area contributed by atoms with E-state index in [1.807, 2.05) is 19.2 Å². The normalized spacial score (nSPS) is 12.2. The topological polar surface area (TPSA) is 15.3 Å². The summed E-state index contributed by atoms with van der Waals surface area (Å²) in [5.74, 6) is -0.200. The highest BCUT2D eigenvalue weighted by Gasteiger charge is 2.13. The molecule has 1 unspecified atom stereocenters. The van der Waals surface area contributed by atoms with Crippen molar-refractivity contribution in [1.82, 2.24) is 5.32 Å². The molecule has 0 saturated heterocycles. The van der Waals surface area contributed by atoms with Crippen LogP contribution in [0.4, 0.5) is 10.1 Å². The molecule has 0 bridgehead atoms. The maximum absolute atomic E-state index is 13.0. The van der Waals surface area contributed by atoms with Gasteiger partial charge in [-0.3, -0.25) is 0 Å². The zero-order valence-corrected chi connectivity index (χ0v) is 12.9. The molecule has 0 spiro atoms. The Hall–Kier alpha value is -1.87. The minimum Gasteiger partial charge on any atom is -0.373 e. The van der Waals surface area contributed by atoms with Crippen molar-refractivity contribution in [2.45, 2.75) is 19.9 Å². The van der Waals surface area contributed by atoms with Crippen LogP contribution in [0.1, 0.15) is 24.1 Å². The molecular weight excluding hydrogens is 263 g/mol. The summed E-state index contributed by atoms with van der Waals surface area (Å²) in [7, 11) is 2.03. The van der Waals surface area contributed by atoms with Crippen LogP contribution in [0.15, 0.2) is 48.5 Å². The number of hydrogen-bond acceptors (Lipinski definition) is 2. The second kappa shape index (κ2) is 7.23. The summed E-state index contributed by atoms with van der Waals surface area (Å²) >= 11 is 0. The largest absolute Gasteiger partial charge is 0.373 e. The Bertz CT molecular complexity index is 548. The second-order valence-electron chi connectivity index (χ2n) is 5.38. The zero-order valence-electron chi connectivity index (χ0n) is 12.9. The maximum Gasteiger partial charge on any atom is 0.123 e. The van der Waals surface area contributed by atoms with Gasteiger partial charge in [-0.1, -0.05) is 36.8 Å². The molecule has 2 rings (SSSR count). The molecule has 112 valence electrons. The van der Waals surface area contributed by atoms with Crippen molar-refractivity contribution in [3.8, 4) is 0 Å². The van der Waals surface area contributed by atoms with E-state index < -0.39 is 0 Å². The Morgan fingerprint density at radius 3 is 2.24 bits per heavy atom. The molecule has 0 aliphatic heterocycles. The standard InChI is InChI=1S/C18H23FN2/c1-4-20-18(15-7-5-14(2)6-8-15)13-21(3)17-11-9-16(19)10-12-17/h5-12,18,20H,4,13H2,1-3H3. The predicted molar refractivity (Wildman–Crippen MR) is 87.3 cm³/mol. The maximum atomic E-state index is 13.0. The molecule has 1 N–H and O–H groups in total. The van der Waals surface area contributed by atoms with E-state index in [0.717, 1.165) is 18.8 Å². The average Bonchev–Trinajstić information content (AvgIpc) is 2.48. The van der Waals surface area contributed by atoms with Gasteiger partial charge in [-0.05, 0) is 43.3 Å². The number of likely N-dealkylation sites (N-methyl/N-ethyl adjacent to an activating group) is 2. The van der Waals surface area contributed by atoms with Crippen LogP contribution in [0.5, 0.6) is 0 Å². The number of rotatable bonds is 6. The highest BCUT2D eigenvalue weighted by molar-refractivity contribution is 5.46. The summed E-state index contributed by atoms with van der Waals surface area (Å²) in [5, 5.41) is 3.51. The van der Waals surface area contributed by atoms with E-state index in [0.29, 0.717) is 0 Å². The third-order valence-electron chi connectivity index (χ3n) is 3.65. The Labute approximate surface area is 126 Å². The van der Waals surface area contributed by atoms with Gasteiger partial charge in [0.15, 0.2) is 0 Å². The summed E-state index contributed by atoms with van der Waals surface area (Å²) in [6.07, 6.45) is 0. The van der Waals surface area contributed by atoms with Crippen LogP contribution in [0.3, 0.4) is 0 Å². The monoisotopic (exact) mass is 286 g/mol. The average molecular weight is 286 g/mol. The summed E-state index contributed by atoms with van der Waals surface area (Å²) in [6.45, 7) is 5.95. The van der Waals surface area contributed by atoms with Gasteiger partial charge in [0.25, 0.3) is 0 Å². The molecule has 0 amide bonds. The number of nitrogens with one attached hydrogen (secondary N) is 1. The molecule has 0 aliphatic carbocycles. The van der Waals surface area contributed by atoms with E-state index in [-0.39, 0.29) is 11.9 Å². The predicted octanol–water partition coefficient (Wildman–Crippen LogP) is 3.92. The Morgan fingerprint density at radius 1 is 1.05 bits per heavy atom. The first-order chi connectivity index (χ1) is 10.1. The van der Waals surface area contributed by atoms with Crippen molar-refractivity contribution < 1.29 is 4.39 Å². The molecule has 3 heteroatoms. The van der Waals surface area contributed by atoms with Crippen LogP contribution in [0.2, 0.25) is 0 Å². The van der Waals surface area contributed by atoms with Gasteiger partial charge in [0.1, 0.15) is 5.82 Å². The lowest BCUT2D eigenvalue weighted by Crippen LogP contribution is -2.33. The number of anilines is 1. The summed E-state index contributed by atoms with van der Waals surface area (Å²) in [5.41, 5.74) is 3.56.